The van der Waals surface area contributed by atoms with Gasteiger partial charge >= 0.3 is 0 Å². The van der Waals surface area contributed by atoms with Gasteiger partial charge in [-0.3, -0.25) is 4.79 Å². The number of nitrogens with one attached hydrogen (secondary N) is 1. The Morgan fingerprint density at radius 2 is 2.10 bits per heavy atom. The molecule has 108 valence electrons. The van der Waals surface area contributed by atoms with E-state index < -0.39 is 9.75 Å². The highest BCUT2D eigenvalue weighted by Crippen LogP contribution is 2.63. The van der Waals surface area contributed by atoms with Crippen molar-refractivity contribution in [3.63, 3.8) is 0 Å². The summed E-state index contributed by atoms with van der Waals surface area (Å²) in [5.74, 6) is -0.268. The maximum atomic E-state index is 12.0. The molecule has 1 aromatic rings. The van der Waals surface area contributed by atoms with E-state index in [0.29, 0.717) is 17.9 Å². The molecule has 1 N–H and O–H groups in total. The largest absolute Gasteiger partial charge is 0.272 e. The minimum Gasteiger partial charge on any atom is -0.272 e. The number of hydrogen-bond donors (Lipinski definition) is 1. The Balaban J connectivity index is 2.12. The van der Waals surface area contributed by atoms with E-state index in [1.165, 1.54) is 0 Å². The van der Waals surface area contributed by atoms with Crippen LogP contribution in [0.15, 0.2) is 29.4 Å². The lowest BCUT2D eigenvalue weighted by molar-refractivity contribution is -0.125. The zero-order valence-corrected chi connectivity index (χ0v) is 13.5. The van der Waals surface area contributed by atoms with Crippen LogP contribution in [0.4, 0.5) is 0 Å². The molecule has 1 fully saturated rings. The molecule has 1 unspecified atom stereocenters. The molecule has 1 saturated carbocycles. The van der Waals surface area contributed by atoms with Crippen molar-refractivity contribution in [3.05, 3.63) is 34.9 Å². The Kier molecular flexibility index (Phi) is 4.33. The number of amides is 1. The van der Waals surface area contributed by atoms with Crippen molar-refractivity contribution in [3.8, 4) is 0 Å². The molecule has 0 heterocycles. The van der Waals surface area contributed by atoms with Gasteiger partial charge in [-0.1, -0.05) is 30.7 Å². The van der Waals surface area contributed by atoms with Gasteiger partial charge in [0.2, 0.25) is 5.91 Å². The lowest BCUT2D eigenvalue weighted by atomic mass is 10.1. The van der Waals surface area contributed by atoms with Crippen molar-refractivity contribution < 1.29 is 4.79 Å². The number of nitrogens with zero attached hydrogens (tertiary/aromatic N) is 1. The second kappa shape index (κ2) is 5.55. The average Bonchev–Trinajstić information content (AvgIpc) is 2.90. The standard InChI is InChI=1S/C14H15Cl3N2O/c1-3-11(9-5-4-6-10(15)7-9)18-19-12(20)13(2)8-14(13,16)17/h4-7H,3,8H2,1-2H3,(H,19,20)/b18-11+. The fraction of sp³-hybridized carbons (Fsp3) is 0.429. The summed E-state index contributed by atoms with van der Waals surface area (Å²) >= 11 is 17.9. The molecule has 3 nitrogen and oxygen atoms in total. The van der Waals surface area contributed by atoms with E-state index in [1.54, 1.807) is 13.0 Å². The third-order valence-electron chi connectivity index (χ3n) is 3.54. The maximum absolute atomic E-state index is 12.0. The number of hydrogen-bond acceptors (Lipinski definition) is 2. The van der Waals surface area contributed by atoms with E-state index in [4.69, 9.17) is 34.8 Å². The first-order chi connectivity index (χ1) is 9.30. The topological polar surface area (TPSA) is 41.5 Å². The van der Waals surface area contributed by atoms with E-state index in [2.05, 4.69) is 10.5 Å². The molecule has 6 heteroatoms. The van der Waals surface area contributed by atoms with E-state index >= 15 is 0 Å². The van der Waals surface area contributed by atoms with Crippen LogP contribution in [0.3, 0.4) is 0 Å². The van der Waals surface area contributed by atoms with Crippen LogP contribution >= 0.6 is 34.8 Å². The zero-order valence-electron chi connectivity index (χ0n) is 11.2. The van der Waals surface area contributed by atoms with Crippen LogP contribution in [0, 0.1) is 5.41 Å². The Bertz CT molecular complexity index is 571. The number of benzene rings is 1. The molecule has 1 atom stereocenters. The van der Waals surface area contributed by atoms with Gasteiger partial charge in [0.25, 0.3) is 0 Å². The van der Waals surface area contributed by atoms with Crippen molar-refractivity contribution in [2.45, 2.75) is 31.0 Å². The number of alkyl halides is 2. The van der Waals surface area contributed by atoms with Crippen LogP contribution in [-0.4, -0.2) is 16.0 Å². The summed E-state index contributed by atoms with van der Waals surface area (Å²) in [4.78, 5) is 12.0. The highest BCUT2D eigenvalue weighted by molar-refractivity contribution is 6.53. The van der Waals surface area contributed by atoms with Crippen molar-refractivity contribution in [2.75, 3.05) is 0 Å². The molecule has 0 radical (unpaired) electrons. The van der Waals surface area contributed by atoms with Crippen LogP contribution in [-0.2, 0) is 4.79 Å². The quantitative estimate of drug-likeness (QED) is 0.502. The highest BCUT2D eigenvalue weighted by Gasteiger charge is 2.68. The van der Waals surface area contributed by atoms with Gasteiger partial charge in [0.1, 0.15) is 4.33 Å². The first-order valence-electron chi connectivity index (χ1n) is 6.31. The molecule has 1 aromatic carbocycles. The molecular formula is C14H15Cl3N2O. The molecule has 1 aliphatic carbocycles. The number of rotatable bonds is 4. The lowest BCUT2D eigenvalue weighted by Crippen LogP contribution is -2.30. The second-order valence-corrected chi connectivity index (χ2v) is 7.00. The van der Waals surface area contributed by atoms with Gasteiger partial charge in [0.15, 0.2) is 0 Å². The third kappa shape index (κ3) is 2.95. The highest BCUT2D eigenvalue weighted by atomic mass is 35.5. The van der Waals surface area contributed by atoms with Gasteiger partial charge in [-0.15, -0.1) is 23.2 Å². The molecule has 0 aromatic heterocycles. The maximum Gasteiger partial charge on any atom is 0.249 e. The Morgan fingerprint density at radius 1 is 1.45 bits per heavy atom. The summed E-state index contributed by atoms with van der Waals surface area (Å²) in [6, 6.07) is 7.34. The Morgan fingerprint density at radius 3 is 2.60 bits per heavy atom. The van der Waals surface area contributed by atoms with Gasteiger partial charge < -0.3 is 0 Å². The minimum absolute atomic E-state index is 0.268. The van der Waals surface area contributed by atoms with Crippen LogP contribution < -0.4 is 5.43 Å². The molecule has 0 spiro atoms. The van der Waals surface area contributed by atoms with Crippen molar-refractivity contribution in [1.29, 1.82) is 0 Å². The van der Waals surface area contributed by atoms with Gasteiger partial charge in [-0.05, 0) is 37.5 Å². The summed E-state index contributed by atoms with van der Waals surface area (Å²) in [6.07, 6.45) is 1.10. The van der Waals surface area contributed by atoms with E-state index in [-0.39, 0.29) is 5.91 Å². The fourth-order valence-corrected chi connectivity index (χ4v) is 2.80. The van der Waals surface area contributed by atoms with Crippen LogP contribution in [0.2, 0.25) is 5.02 Å². The molecule has 20 heavy (non-hydrogen) atoms. The second-order valence-electron chi connectivity index (χ2n) is 5.08. The number of carbonyl (C=O) groups excluding carboxylic acids is 1. The minimum atomic E-state index is -0.991. The normalized spacial score (nSPS) is 24.4. The number of hydrazone groups is 1. The fourth-order valence-electron chi connectivity index (χ4n) is 1.90. The monoisotopic (exact) mass is 332 g/mol. The molecule has 1 aliphatic rings. The molecule has 1 amide bonds. The predicted molar refractivity (Wildman–Crippen MR) is 83.6 cm³/mol. The van der Waals surface area contributed by atoms with E-state index in [9.17, 15) is 4.79 Å². The summed E-state index contributed by atoms with van der Waals surface area (Å²) in [7, 11) is 0. The summed E-state index contributed by atoms with van der Waals surface area (Å²) in [5, 5.41) is 4.80. The molecule has 2 rings (SSSR count). The average molecular weight is 334 g/mol. The molecule has 0 saturated heterocycles. The van der Waals surface area contributed by atoms with Crippen molar-refractivity contribution in [2.24, 2.45) is 10.5 Å². The van der Waals surface area contributed by atoms with Gasteiger partial charge in [-0.2, -0.15) is 5.10 Å². The van der Waals surface area contributed by atoms with E-state index in [0.717, 1.165) is 11.3 Å². The first kappa shape index (κ1) is 15.6. The van der Waals surface area contributed by atoms with Crippen LogP contribution in [0.5, 0.6) is 0 Å². The number of carbonyl (C=O) groups is 1. The molecule has 0 bridgehead atoms. The SMILES string of the molecule is CC/C(=N\NC(=O)C1(C)CC1(Cl)Cl)c1cccc(Cl)c1. The first-order valence-corrected chi connectivity index (χ1v) is 7.44. The Hall–Kier alpha value is -0.770. The van der Waals surface area contributed by atoms with Gasteiger partial charge in [0, 0.05) is 5.02 Å². The zero-order chi connectivity index (χ0) is 15.0. The van der Waals surface area contributed by atoms with Gasteiger partial charge in [0.05, 0.1) is 11.1 Å². The third-order valence-corrected chi connectivity index (χ3v) is 4.88. The summed E-state index contributed by atoms with van der Waals surface area (Å²) in [5.41, 5.74) is 3.40. The van der Waals surface area contributed by atoms with Crippen LogP contribution in [0.25, 0.3) is 0 Å². The Labute approximate surface area is 133 Å². The summed E-state index contributed by atoms with van der Waals surface area (Å²) < 4.78 is -0.991. The number of halogens is 3. The smallest absolute Gasteiger partial charge is 0.249 e. The predicted octanol–water partition coefficient (Wildman–Crippen LogP) is 4.15. The van der Waals surface area contributed by atoms with Crippen molar-refractivity contribution >= 4 is 46.4 Å². The molecule has 0 aliphatic heterocycles. The van der Waals surface area contributed by atoms with E-state index in [1.807, 2.05) is 25.1 Å². The van der Waals surface area contributed by atoms with Crippen LogP contribution in [0.1, 0.15) is 32.3 Å². The summed E-state index contributed by atoms with van der Waals surface area (Å²) in [6.45, 7) is 3.68. The lowest BCUT2D eigenvalue weighted by Gasteiger charge is -2.11. The van der Waals surface area contributed by atoms with Crippen molar-refractivity contribution in [1.82, 2.24) is 5.43 Å². The van der Waals surface area contributed by atoms with Gasteiger partial charge in [-0.25, -0.2) is 5.43 Å². The molecular weight excluding hydrogens is 319 g/mol.